The van der Waals surface area contributed by atoms with Gasteiger partial charge in [0, 0.05) is 28.6 Å². The van der Waals surface area contributed by atoms with Gasteiger partial charge in [-0.25, -0.2) is 0 Å². The van der Waals surface area contributed by atoms with E-state index >= 15 is 0 Å². The summed E-state index contributed by atoms with van der Waals surface area (Å²) in [5.74, 6) is -0.00481. The van der Waals surface area contributed by atoms with Crippen LogP contribution in [0.5, 0.6) is 5.75 Å². The Kier molecular flexibility index (Phi) is 3.03. The molecule has 18 heavy (non-hydrogen) atoms. The molecule has 0 aliphatic heterocycles. The first-order valence-corrected chi connectivity index (χ1v) is 5.81. The monoisotopic (exact) mass is 247 g/mol. The number of fused-ring (bicyclic) bond motifs is 1. The number of methoxy groups -OCH3 is 1. The van der Waals surface area contributed by atoms with E-state index in [4.69, 9.17) is 9.84 Å². The van der Waals surface area contributed by atoms with Crippen molar-refractivity contribution in [2.24, 2.45) is 0 Å². The van der Waals surface area contributed by atoms with Gasteiger partial charge < -0.3 is 14.8 Å². The van der Waals surface area contributed by atoms with E-state index in [-0.39, 0.29) is 6.42 Å². The van der Waals surface area contributed by atoms with Crippen molar-refractivity contribution in [2.45, 2.75) is 25.7 Å². The molecule has 0 saturated carbocycles. The molecule has 0 radical (unpaired) electrons. The molecule has 0 amide bonds. The second-order valence-corrected chi connectivity index (χ2v) is 5.07. The maximum atomic E-state index is 10.9. The number of rotatable bonds is 4. The van der Waals surface area contributed by atoms with E-state index in [0.717, 1.165) is 22.2 Å². The molecule has 2 rings (SSSR count). The van der Waals surface area contributed by atoms with Crippen LogP contribution >= 0.6 is 0 Å². The number of hydrogen-bond acceptors (Lipinski definition) is 2. The summed E-state index contributed by atoms with van der Waals surface area (Å²) in [5.41, 5.74) is 1.57. The number of benzene rings is 1. The maximum Gasteiger partial charge on any atom is 0.304 e. The summed E-state index contributed by atoms with van der Waals surface area (Å²) in [5, 5.41) is 10.0. The van der Waals surface area contributed by atoms with E-state index < -0.39 is 11.4 Å². The number of aromatic amines is 1. The summed E-state index contributed by atoms with van der Waals surface area (Å²) in [6, 6.07) is 5.76. The zero-order chi connectivity index (χ0) is 13.3. The second kappa shape index (κ2) is 4.37. The highest BCUT2D eigenvalue weighted by atomic mass is 16.5. The van der Waals surface area contributed by atoms with Gasteiger partial charge in [-0.15, -0.1) is 0 Å². The number of carboxylic acid groups (broad SMARTS) is 1. The van der Waals surface area contributed by atoms with Crippen LogP contribution in [0.1, 0.15) is 25.8 Å². The van der Waals surface area contributed by atoms with Crippen molar-refractivity contribution in [3.05, 3.63) is 30.0 Å². The molecule has 1 aromatic carbocycles. The van der Waals surface area contributed by atoms with Crippen molar-refractivity contribution in [3.63, 3.8) is 0 Å². The van der Waals surface area contributed by atoms with Gasteiger partial charge in [0.25, 0.3) is 0 Å². The molecule has 0 fully saturated rings. The van der Waals surface area contributed by atoms with Crippen LogP contribution in [-0.2, 0) is 10.2 Å². The Hall–Kier alpha value is -1.97. The van der Waals surface area contributed by atoms with Crippen LogP contribution in [0.25, 0.3) is 10.9 Å². The molecule has 0 aliphatic carbocycles. The normalized spacial score (nSPS) is 11.7. The Balaban J connectivity index is 2.49. The van der Waals surface area contributed by atoms with Crippen molar-refractivity contribution in [1.82, 2.24) is 4.98 Å². The van der Waals surface area contributed by atoms with E-state index in [0.29, 0.717) is 0 Å². The lowest BCUT2D eigenvalue weighted by Crippen LogP contribution is -2.21. The van der Waals surface area contributed by atoms with E-state index in [2.05, 4.69) is 4.98 Å². The van der Waals surface area contributed by atoms with Crippen molar-refractivity contribution >= 4 is 16.9 Å². The largest absolute Gasteiger partial charge is 0.497 e. The molecule has 0 bridgehead atoms. The number of hydrogen-bond donors (Lipinski definition) is 2. The minimum absolute atomic E-state index is 0.103. The fourth-order valence-electron chi connectivity index (χ4n) is 2.27. The molecular weight excluding hydrogens is 230 g/mol. The lowest BCUT2D eigenvalue weighted by atomic mass is 9.81. The predicted octanol–water partition coefficient (Wildman–Crippen LogP) is 2.93. The van der Waals surface area contributed by atoms with Crippen LogP contribution in [0, 0.1) is 0 Å². The number of carbonyl (C=O) groups is 1. The zero-order valence-corrected chi connectivity index (χ0v) is 10.8. The summed E-state index contributed by atoms with van der Waals surface area (Å²) in [4.78, 5) is 14.1. The molecule has 96 valence electrons. The lowest BCUT2D eigenvalue weighted by Gasteiger charge is -2.22. The van der Waals surface area contributed by atoms with Crippen LogP contribution in [0.3, 0.4) is 0 Å². The van der Waals surface area contributed by atoms with Gasteiger partial charge in [-0.2, -0.15) is 0 Å². The number of aromatic nitrogens is 1. The number of aliphatic carboxylic acids is 1. The first kappa shape index (κ1) is 12.5. The molecule has 1 aromatic heterocycles. The quantitative estimate of drug-likeness (QED) is 0.873. The van der Waals surface area contributed by atoms with E-state index in [1.807, 2.05) is 38.2 Å². The molecule has 0 atom stereocenters. The summed E-state index contributed by atoms with van der Waals surface area (Å²) >= 11 is 0. The van der Waals surface area contributed by atoms with Crippen LogP contribution in [-0.4, -0.2) is 23.2 Å². The van der Waals surface area contributed by atoms with Gasteiger partial charge in [-0.3, -0.25) is 4.79 Å². The van der Waals surface area contributed by atoms with Crippen molar-refractivity contribution in [3.8, 4) is 5.75 Å². The topological polar surface area (TPSA) is 62.3 Å². The van der Waals surface area contributed by atoms with Gasteiger partial charge in [0.15, 0.2) is 0 Å². The number of nitrogens with one attached hydrogen (secondary N) is 1. The van der Waals surface area contributed by atoms with Gasteiger partial charge in [0.1, 0.15) is 5.75 Å². The highest BCUT2D eigenvalue weighted by Crippen LogP contribution is 2.34. The molecule has 0 spiro atoms. The Morgan fingerprint density at radius 3 is 2.78 bits per heavy atom. The van der Waals surface area contributed by atoms with Gasteiger partial charge in [0.2, 0.25) is 0 Å². The molecule has 0 unspecified atom stereocenters. The maximum absolute atomic E-state index is 10.9. The lowest BCUT2D eigenvalue weighted by molar-refractivity contribution is -0.138. The van der Waals surface area contributed by atoms with Crippen LogP contribution in [0.2, 0.25) is 0 Å². The first-order valence-electron chi connectivity index (χ1n) is 5.81. The average Bonchev–Trinajstić information content (AvgIpc) is 2.70. The Bertz CT molecular complexity index is 584. The summed E-state index contributed by atoms with van der Waals surface area (Å²) in [7, 11) is 1.62. The van der Waals surface area contributed by atoms with E-state index in [1.54, 1.807) is 7.11 Å². The highest BCUT2D eigenvalue weighted by molar-refractivity contribution is 5.86. The van der Waals surface area contributed by atoms with Crippen LogP contribution < -0.4 is 4.74 Å². The van der Waals surface area contributed by atoms with E-state index in [1.165, 1.54) is 0 Å². The third kappa shape index (κ3) is 2.18. The third-order valence-electron chi connectivity index (χ3n) is 3.21. The molecular formula is C14H17NO3. The van der Waals surface area contributed by atoms with Crippen LogP contribution in [0.15, 0.2) is 24.4 Å². The summed E-state index contributed by atoms with van der Waals surface area (Å²) in [6.45, 7) is 3.88. The zero-order valence-electron chi connectivity index (χ0n) is 10.8. The SMILES string of the molecule is COc1ccc2c(C(C)(C)CC(=O)O)c[nH]c2c1. The third-order valence-corrected chi connectivity index (χ3v) is 3.21. The Morgan fingerprint density at radius 1 is 1.44 bits per heavy atom. The fraction of sp³-hybridized carbons (Fsp3) is 0.357. The Labute approximate surface area is 106 Å². The van der Waals surface area contributed by atoms with Crippen molar-refractivity contribution in [2.75, 3.05) is 7.11 Å². The smallest absolute Gasteiger partial charge is 0.304 e. The van der Waals surface area contributed by atoms with Gasteiger partial charge in [0.05, 0.1) is 13.5 Å². The van der Waals surface area contributed by atoms with Gasteiger partial charge in [-0.1, -0.05) is 13.8 Å². The van der Waals surface area contributed by atoms with Gasteiger partial charge in [-0.05, 0) is 17.7 Å². The summed E-state index contributed by atoms with van der Waals surface area (Å²) in [6.07, 6.45) is 1.99. The van der Waals surface area contributed by atoms with E-state index in [9.17, 15) is 4.79 Å². The van der Waals surface area contributed by atoms with Crippen molar-refractivity contribution < 1.29 is 14.6 Å². The summed E-state index contributed by atoms with van der Waals surface area (Å²) < 4.78 is 5.17. The second-order valence-electron chi connectivity index (χ2n) is 5.07. The molecule has 1 heterocycles. The first-order chi connectivity index (χ1) is 8.44. The number of carboxylic acids is 1. The minimum Gasteiger partial charge on any atom is -0.497 e. The molecule has 2 aromatic rings. The van der Waals surface area contributed by atoms with Crippen molar-refractivity contribution in [1.29, 1.82) is 0 Å². The highest BCUT2D eigenvalue weighted by Gasteiger charge is 2.26. The average molecular weight is 247 g/mol. The minimum atomic E-state index is -0.789. The van der Waals surface area contributed by atoms with Gasteiger partial charge >= 0.3 is 5.97 Å². The fourth-order valence-corrected chi connectivity index (χ4v) is 2.27. The molecule has 0 aliphatic rings. The molecule has 0 saturated heterocycles. The number of ether oxygens (including phenoxy) is 1. The molecule has 2 N–H and O–H groups in total. The standard InChI is InChI=1S/C14H17NO3/c1-14(2,7-13(16)17)11-8-15-12-6-9(18-3)4-5-10(11)12/h4-6,8,15H,7H2,1-3H3,(H,16,17). The number of H-pyrrole nitrogens is 1. The predicted molar refractivity (Wildman–Crippen MR) is 70.1 cm³/mol. The Morgan fingerprint density at radius 2 is 2.17 bits per heavy atom. The molecule has 4 heteroatoms. The van der Waals surface area contributed by atoms with Crippen LogP contribution in [0.4, 0.5) is 0 Å². The molecule has 4 nitrogen and oxygen atoms in total.